The summed E-state index contributed by atoms with van der Waals surface area (Å²) in [6, 6.07) is 19.7. The van der Waals surface area contributed by atoms with Gasteiger partial charge in [-0.05, 0) is 17.7 Å². The average Bonchev–Trinajstić information content (AvgIpc) is 3.00. The minimum atomic E-state index is -0.0601. The maximum absolute atomic E-state index is 12.9. The van der Waals surface area contributed by atoms with Crippen molar-refractivity contribution >= 4 is 11.6 Å². The normalized spacial score (nSPS) is 10.4. The molecule has 0 saturated heterocycles. The lowest BCUT2D eigenvalue weighted by Crippen LogP contribution is -2.31. The molecule has 0 aliphatic carbocycles. The van der Waals surface area contributed by atoms with Crippen molar-refractivity contribution in [1.82, 2.24) is 9.55 Å². The van der Waals surface area contributed by atoms with Gasteiger partial charge in [0.15, 0.2) is 0 Å². The minimum Gasteiger partial charge on any atom is -0.330 e. The highest BCUT2D eigenvalue weighted by molar-refractivity contribution is 6.04. The van der Waals surface area contributed by atoms with Crippen molar-refractivity contribution in [2.45, 2.75) is 6.54 Å². The van der Waals surface area contributed by atoms with Crippen molar-refractivity contribution < 1.29 is 4.79 Å². The number of nitrogens with zero attached hydrogens (tertiary/aromatic N) is 3. The van der Waals surface area contributed by atoms with E-state index in [-0.39, 0.29) is 5.91 Å². The SMILES string of the molecule is Cn1cncc1C(=O)N(Cc1ccccc1)c1ccccc1. The predicted octanol–water partition coefficient (Wildman–Crippen LogP) is 3.27. The highest BCUT2D eigenvalue weighted by Crippen LogP contribution is 2.19. The zero-order valence-corrected chi connectivity index (χ0v) is 12.4. The first-order chi connectivity index (χ1) is 10.8. The highest BCUT2D eigenvalue weighted by Gasteiger charge is 2.20. The topological polar surface area (TPSA) is 38.1 Å². The molecule has 1 aromatic heterocycles. The molecular formula is C18H17N3O. The van der Waals surface area contributed by atoms with Gasteiger partial charge < -0.3 is 9.47 Å². The van der Waals surface area contributed by atoms with Crippen LogP contribution in [0.5, 0.6) is 0 Å². The van der Waals surface area contributed by atoms with E-state index in [1.54, 1.807) is 22.0 Å². The molecule has 4 nitrogen and oxygen atoms in total. The van der Waals surface area contributed by atoms with Crippen molar-refractivity contribution in [3.05, 3.63) is 84.4 Å². The molecule has 0 atom stereocenters. The van der Waals surface area contributed by atoms with E-state index in [0.29, 0.717) is 12.2 Å². The monoisotopic (exact) mass is 291 g/mol. The van der Waals surface area contributed by atoms with Crippen LogP contribution in [0, 0.1) is 0 Å². The third kappa shape index (κ3) is 2.91. The van der Waals surface area contributed by atoms with Crippen molar-refractivity contribution in [3.63, 3.8) is 0 Å². The zero-order valence-electron chi connectivity index (χ0n) is 12.4. The number of carbonyl (C=O) groups is 1. The Labute approximate surface area is 129 Å². The molecule has 0 saturated carbocycles. The molecule has 0 unspecified atom stereocenters. The van der Waals surface area contributed by atoms with E-state index >= 15 is 0 Å². The summed E-state index contributed by atoms with van der Waals surface area (Å²) < 4.78 is 1.74. The van der Waals surface area contributed by atoms with E-state index in [2.05, 4.69) is 4.98 Å². The summed E-state index contributed by atoms with van der Waals surface area (Å²) >= 11 is 0. The molecule has 110 valence electrons. The van der Waals surface area contributed by atoms with Crippen LogP contribution < -0.4 is 4.90 Å². The fraction of sp³-hybridized carbons (Fsp3) is 0.111. The Morgan fingerprint density at radius 1 is 1.05 bits per heavy atom. The number of rotatable bonds is 4. The standard InChI is InChI=1S/C18H17N3O/c1-20-14-19-12-17(20)18(22)21(16-10-6-3-7-11-16)13-15-8-4-2-5-9-15/h2-12,14H,13H2,1H3. The largest absolute Gasteiger partial charge is 0.330 e. The first-order valence-corrected chi connectivity index (χ1v) is 7.13. The number of amides is 1. The van der Waals surface area contributed by atoms with Crippen LogP contribution in [-0.4, -0.2) is 15.5 Å². The molecule has 0 aliphatic rings. The van der Waals surface area contributed by atoms with Gasteiger partial charge in [-0.3, -0.25) is 4.79 Å². The van der Waals surface area contributed by atoms with Crippen LogP contribution in [0.1, 0.15) is 16.1 Å². The van der Waals surface area contributed by atoms with Gasteiger partial charge in [-0.25, -0.2) is 4.98 Å². The first-order valence-electron chi connectivity index (χ1n) is 7.13. The van der Waals surface area contributed by atoms with Crippen LogP contribution in [0.2, 0.25) is 0 Å². The molecule has 3 rings (SSSR count). The summed E-state index contributed by atoms with van der Waals surface area (Å²) in [6.07, 6.45) is 3.24. The van der Waals surface area contributed by atoms with Crippen LogP contribution in [0.25, 0.3) is 0 Å². The number of benzene rings is 2. The third-order valence-corrected chi connectivity index (χ3v) is 3.53. The van der Waals surface area contributed by atoms with Crippen molar-refractivity contribution in [2.24, 2.45) is 7.05 Å². The second kappa shape index (κ2) is 6.26. The molecule has 0 aliphatic heterocycles. The van der Waals surface area contributed by atoms with Gasteiger partial charge in [0.1, 0.15) is 5.69 Å². The number of carbonyl (C=O) groups excluding carboxylic acids is 1. The summed E-state index contributed by atoms with van der Waals surface area (Å²) in [6.45, 7) is 0.523. The first kappa shape index (κ1) is 14.1. The van der Waals surface area contributed by atoms with Gasteiger partial charge in [-0.1, -0.05) is 48.5 Å². The molecular weight excluding hydrogens is 274 g/mol. The lowest BCUT2D eigenvalue weighted by atomic mass is 10.2. The molecule has 0 N–H and O–H groups in total. The predicted molar refractivity (Wildman–Crippen MR) is 86.6 cm³/mol. The molecule has 22 heavy (non-hydrogen) atoms. The van der Waals surface area contributed by atoms with E-state index in [1.807, 2.05) is 67.7 Å². The lowest BCUT2D eigenvalue weighted by molar-refractivity contribution is 0.0977. The third-order valence-electron chi connectivity index (χ3n) is 3.53. The van der Waals surface area contributed by atoms with Crippen LogP contribution in [0.3, 0.4) is 0 Å². The quantitative estimate of drug-likeness (QED) is 0.740. The summed E-state index contributed by atoms with van der Waals surface area (Å²) in [5, 5.41) is 0. The van der Waals surface area contributed by atoms with Gasteiger partial charge in [0, 0.05) is 12.7 Å². The number of aryl methyl sites for hydroxylation is 1. The van der Waals surface area contributed by atoms with Gasteiger partial charge >= 0.3 is 0 Å². The van der Waals surface area contributed by atoms with E-state index in [4.69, 9.17) is 0 Å². The fourth-order valence-corrected chi connectivity index (χ4v) is 2.36. The van der Waals surface area contributed by atoms with Gasteiger partial charge in [0.05, 0.1) is 19.1 Å². The summed E-state index contributed by atoms with van der Waals surface area (Å²) in [5.41, 5.74) is 2.53. The van der Waals surface area contributed by atoms with Crippen LogP contribution in [-0.2, 0) is 13.6 Å². The molecule has 1 heterocycles. The van der Waals surface area contributed by atoms with E-state index in [1.165, 1.54) is 0 Å². The Balaban J connectivity index is 1.96. The van der Waals surface area contributed by atoms with Crippen molar-refractivity contribution in [3.8, 4) is 0 Å². The Bertz CT molecular complexity index is 750. The van der Waals surface area contributed by atoms with Crippen molar-refractivity contribution in [1.29, 1.82) is 0 Å². The Hall–Kier alpha value is -2.88. The molecule has 2 aromatic carbocycles. The maximum Gasteiger partial charge on any atom is 0.276 e. The van der Waals surface area contributed by atoms with E-state index in [0.717, 1.165) is 11.3 Å². The number of para-hydroxylation sites is 1. The summed E-state index contributed by atoms with van der Waals surface area (Å²) in [7, 11) is 1.83. The summed E-state index contributed by atoms with van der Waals surface area (Å²) in [4.78, 5) is 18.7. The Kier molecular flexibility index (Phi) is 4.01. The van der Waals surface area contributed by atoms with Gasteiger partial charge in [-0.2, -0.15) is 0 Å². The smallest absolute Gasteiger partial charge is 0.276 e. The molecule has 0 spiro atoms. The van der Waals surface area contributed by atoms with E-state index in [9.17, 15) is 4.79 Å². The van der Waals surface area contributed by atoms with Gasteiger partial charge in [-0.15, -0.1) is 0 Å². The number of hydrogen-bond donors (Lipinski definition) is 0. The zero-order chi connectivity index (χ0) is 15.4. The second-order valence-electron chi connectivity index (χ2n) is 5.10. The fourth-order valence-electron chi connectivity index (χ4n) is 2.36. The Morgan fingerprint density at radius 2 is 1.68 bits per heavy atom. The number of anilines is 1. The maximum atomic E-state index is 12.9. The molecule has 3 aromatic rings. The van der Waals surface area contributed by atoms with Gasteiger partial charge in [0.25, 0.3) is 5.91 Å². The average molecular weight is 291 g/mol. The second-order valence-corrected chi connectivity index (χ2v) is 5.10. The number of hydrogen-bond acceptors (Lipinski definition) is 2. The minimum absolute atomic E-state index is 0.0601. The molecule has 4 heteroatoms. The Morgan fingerprint density at radius 3 is 2.27 bits per heavy atom. The van der Waals surface area contributed by atoms with Gasteiger partial charge in [0.2, 0.25) is 0 Å². The van der Waals surface area contributed by atoms with E-state index < -0.39 is 0 Å². The van der Waals surface area contributed by atoms with Crippen LogP contribution in [0.15, 0.2) is 73.2 Å². The van der Waals surface area contributed by atoms with Crippen molar-refractivity contribution in [2.75, 3.05) is 4.90 Å². The summed E-state index contributed by atoms with van der Waals surface area (Å²) in [5.74, 6) is -0.0601. The molecule has 0 radical (unpaired) electrons. The number of aromatic nitrogens is 2. The van der Waals surface area contributed by atoms with Crippen LogP contribution >= 0.6 is 0 Å². The molecule has 0 bridgehead atoms. The highest BCUT2D eigenvalue weighted by atomic mass is 16.2. The molecule has 1 amide bonds. The van der Waals surface area contributed by atoms with Crippen LogP contribution in [0.4, 0.5) is 5.69 Å². The molecule has 0 fully saturated rings. The number of imidazole rings is 1. The lowest BCUT2D eigenvalue weighted by Gasteiger charge is -2.23.